The number of amides is 2. The molecule has 6 heteroatoms. The van der Waals surface area contributed by atoms with Crippen LogP contribution >= 0.6 is 0 Å². The van der Waals surface area contributed by atoms with Gasteiger partial charge in [0, 0.05) is 45.7 Å². The fraction of sp³-hybridized carbons (Fsp3) is 0.619. The number of benzene rings is 1. The Morgan fingerprint density at radius 3 is 2.44 bits per heavy atom. The number of carbonyl (C=O) groups is 2. The fourth-order valence-electron chi connectivity index (χ4n) is 4.23. The minimum absolute atomic E-state index is 0.264. The number of hydrogen-bond acceptors (Lipinski definition) is 4. The van der Waals surface area contributed by atoms with Crippen molar-refractivity contribution in [3.63, 3.8) is 0 Å². The molecule has 0 bridgehead atoms. The van der Waals surface area contributed by atoms with Gasteiger partial charge in [-0.25, -0.2) is 0 Å². The molecule has 3 rings (SSSR count). The summed E-state index contributed by atoms with van der Waals surface area (Å²) in [6, 6.07) is 10.5. The lowest BCUT2D eigenvalue weighted by atomic mass is 9.93. The van der Waals surface area contributed by atoms with Crippen LogP contribution in [0.25, 0.3) is 0 Å². The second-order valence-electron chi connectivity index (χ2n) is 7.89. The van der Waals surface area contributed by atoms with Crippen molar-refractivity contribution in [1.82, 2.24) is 14.7 Å². The number of likely N-dealkylation sites (tertiary alicyclic amines) is 1. The van der Waals surface area contributed by atoms with Crippen molar-refractivity contribution in [3.8, 4) is 0 Å². The van der Waals surface area contributed by atoms with Crippen LogP contribution in [0.1, 0.15) is 31.2 Å². The molecule has 2 N–H and O–H groups in total. The van der Waals surface area contributed by atoms with E-state index < -0.39 is 0 Å². The molecule has 1 aromatic rings. The summed E-state index contributed by atoms with van der Waals surface area (Å²) >= 11 is 0. The molecule has 2 aliphatic heterocycles. The maximum atomic E-state index is 12.6. The molecule has 2 amide bonds. The number of hydrogen-bond donors (Lipinski definition) is 1. The smallest absolute Gasteiger partial charge is 0.231 e. The van der Waals surface area contributed by atoms with Crippen LogP contribution in [-0.2, 0) is 16.1 Å². The largest absolute Gasteiger partial charge is 0.369 e. The highest BCUT2D eigenvalue weighted by atomic mass is 16.2. The zero-order valence-electron chi connectivity index (χ0n) is 16.2. The van der Waals surface area contributed by atoms with E-state index in [9.17, 15) is 9.59 Å². The SMILES string of the molecule is NC(=O)CN1CCC[C@H](CCC(=O)N2CCN(Cc3ccccc3)CC2)C1. The lowest BCUT2D eigenvalue weighted by Crippen LogP contribution is -2.48. The lowest BCUT2D eigenvalue weighted by molar-refractivity contribution is -0.133. The zero-order valence-corrected chi connectivity index (χ0v) is 16.2. The Balaban J connectivity index is 1.36. The summed E-state index contributed by atoms with van der Waals surface area (Å²) in [6.07, 6.45) is 3.77. The molecule has 2 heterocycles. The lowest BCUT2D eigenvalue weighted by Gasteiger charge is -2.35. The first-order chi connectivity index (χ1) is 13.1. The molecule has 1 aromatic carbocycles. The zero-order chi connectivity index (χ0) is 19.1. The molecule has 2 aliphatic rings. The summed E-state index contributed by atoms with van der Waals surface area (Å²) in [7, 11) is 0. The van der Waals surface area contributed by atoms with Crippen LogP contribution in [0.3, 0.4) is 0 Å². The van der Waals surface area contributed by atoms with Crippen LogP contribution in [-0.4, -0.2) is 72.3 Å². The number of piperidine rings is 1. The van der Waals surface area contributed by atoms with Gasteiger partial charge >= 0.3 is 0 Å². The van der Waals surface area contributed by atoms with Crippen LogP contribution in [0.5, 0.6) is 0 Å². The van der Waals surface area contributed by atoms with Crippen LogP contribution < -0.4 is 5.73 Å². The van der Waals surface area contributed by atoms with Gasteiger partial charge in [-0.15, -0.1) is 0 Å². The van der Waals surface area contributed by atoms with Crippen molar-refractivity contribution in [2.45, 2.75) is 32.2 Å². The molecule has 1 atom stereocenters. The predicted molar refractivity (Wildman–Crippen MR) is 106 cm³/mol. The van der Waals surface area contributed by atoms with Crippen molar-refractivity contribution < 1.29 is 9.59 Å². The minimum Gasteiger partial charge on any atom is -0.369 e. The first-order valence-electron chi connectivity index (χ1n) is 10.1. The molecule has 2 saturated heterocycles. The standard InChI is InChI=1S/C21H32N4O2/c22-20(26)17-24-10-4-7-19(16-24)8-9-21(27)25-13-11-23(12-14-25)15-18-5-2-1-3-6-18/h1-3,5-6,19H,4,7-17H2,(H2,22,26)/t19-/m1/s1. The van der Waals surface area contributed by atoms with E-state index in [0.29, 0.717) is 18.9 Å². The van der Waals surface area contributed by atoms with Crippen molar-refractivity contribution in [1.29, 1.82) is 0 Å². The third-order valence-electron chi connectivity index (χ3n) is 5.72. The topological polar surface area (TPSA) is 69.9 Å². The van der Waals surface area contributed by atoms with E-state index in [1.165, 1.54) is 5.56 Å². The molecule has 27 heavy (non-hydrogen) atoms. The molecular weight excluding hydrogens is 340 g/mol. The van der Waals surface area contributed by atoms with Crippen molar-refractivity contribution in [2.24, 2.45) is 11.7 Å². The van der Waals surface area contributed by atoms with Gasteiger partial charge in [0.15, 0.2) is 0 Å². The molecule has 0 saturated carbocycles. The van der Waals surface area contributed by atoms with Gasteiger partial charge < -0.3 is 10.6 Å². The van der Waals surface area contributed by atoms with Gasteiger partial charge in [-0.2, -0.15) is 0 Å². The minimum atomic E-state index is -0.264. The Morgan fingerprint density at radius 1 is 1.00 bits per heavy atom. The van der Waals surface area contributed by atoms with Gasteiger partial charge in [-0.3, -0.25) is 19.4 Å². The second kappa shape index (κ2) is 9.85. The number of primary amides is 1. The summed E-state index contributed by atoms with van der Waals surface area (Å²) in [5.74, 6) is 0.517. The summed E-state index contributed by atoms with van der Waals surface area (Å²) < 4.78 is 0. The average Bonchev–Trinajstić information content (AvgIpc) is 2.67. The van der Waals surface area contributed by atoms with Gasteiger partial charge in [0.25, 0.3) is 0 Å². The highest BCUT2D eigenvalue weighted by molar-refractivity contribution is 5.76. The van der Waals surface area contributed by atoms with Crippen molar-refractivity contribution in [3.05, 3.63) is 35.9 Å². The van der Waals surface area contributed by atoms with E-state index in [1.807, 2.05) is 11.0 Å². The van der Waals surface area contributed by atoms with E-state index in [2.05, 4.69) is 34.1 Å². The van der Waals surface area contributed by atoms with Gasteiger partial charge in [0.1, 0.15) is 0 Å². The van der Waals surface area contributed by atoms with Crippen molar-refractivity contribution >= 4 is 11.8 Å². The highest BCUT2D eigenvalue weighted by Crippen LogP contribution is 2.21. The molecular formula is C21H32N4O2. The van der Waals surface area contributed by atoms with Crippen molar-refractivity contribution in [2.75, 3.05) is 45.8 Å². The van der Waals surface area contributed by atoms with Gasteiger partial charge in [0.2, 0.25) is 11.8 Å². The number of piperazine rings is 1. The monoisotopic (exact) mass is 372 g/mol. The normalized spacial score (nSPS) is 21.9. The maximum absolute atomic E-state index is 12.6. The molecule has 6 nitrogen and oxygen atoms in total. The van der Waals surface area contributed by atoms with E-state index in [4.69, 9.17) is 5.73 Å². The molecule has 2 fully saturated rings. The Morgan fingerprint density at radius 2 is 1.74 bits per heavy atom. The number of nitrogens with zero attached hydrogens (tertiary/aromatic N) is 3. The van der Waals surface area contributed by atoms with Crippen LogP contribution in [0.4, 0.5) is 0 Å². The Kier molecular flexibility index (Phi) is 7.24. The predicted octanol–water partition coefficient (Wildman–Crippen LogP) is 1.31. The number of rotatable bonds is 7. The fourth-order valence-corrected chi connectivity index (χ4v) is 4.23. The molecule has 0 spiro atoms. The van der Waals surface area contributed by atoms with Gasteiger partial charge in [-0.05, 0) is 37.3 Å². The molecule has 0 aromatic heterocycles. The van der Waals surface area contributed by atoms with Crippen LogP contribution in [0.15, 0.2) is 30.3 Å². The quantitative estimate of drug-likeness (QED) is 0.783. The third-order valence-corrected chi connectivity index (χ3v) is 5.72. The van der Waals surface area contributed by atoms with Crippen LogP contribution in [0, 0.1) is 5.92 Å². The third kappa shape index (κ3) is 6.33. The maximum Gasteiger partial charge on any atom is 0.231 e. The van der Waals surface area contributed by atoms with Crippen LogP contribution in [0.2, 0.25) is 0 Å². The Labute approximate surface area is 162 Å². The number of nitrogens with two attached hydrogens (primary N) is 1. The Hall–Kier alpha value is -1.92. The average molecular weight is 373 g/mol. The summed E-state index contributed by atoms with van der Waals surface area (Å²) in [5.41, 5.74) is 6.63. The van der Waals surface area contributed by atoms with E-state index in [1.54, 1.807) is 0 Å². The second-order valence-corrected chi connectivity index (χ2v) is 7.89. The van der Waals surface area contributed by atoms with Gasteiger partial charge in [-0.1, -0.05) is 30.3 Å². The Bertz CT molecular complexity index is 614. The first kappa shape index (κ1) is 19.8. The molecule has 148 valence electrons. The summed E-state index contributed by atoms with van der Waals surface area (Å²) in [5, 5.41) is 0. The highest BCUT2D eigenvalue weighted by Gasteiger charge is 2.24. The molecule has 0 unspecified atom stereocenters. The first-order valence-corrected chi connectivity index (χ1v) is 10.1. The summed E-state index contributed by atoms with van der Waals surface area (Å²) in [6.45, 7) is 6.66. The molecule has 0 aliphatic carbocycles. The van der Waals surface area contributed by atoms with Gasteiger partial charge in [0.05, 0.1) is 6.54 Å². The van der Waals surface area contributed by atoms with E-state index >= 15 is 0 Å². The van der Waals surface area contributed by atoms with E-state index in [-0.39, 0.29) is 11.8 Å². The summed E-state index contributed by atoms with van der Waals surface area (Å²) in [4.78, 5) is 30.3. The molecule has 0 radical (unpaired) electrons. The van der Waals surface area contributed by atoms with E-state index in [0.717, 1.165) is 65.1 Å². The number of carbonyl (C=O) groups excluding carboxylic acids is 2.